The molecule has 0 heterocycles. The van der Waals surface area contributed by atoms with Crippen LogP contribution in [-0.2, 0) is 9.09 Å². The van der Waals surface area contributed by atoms with Crippen LogP contribution in [0.25, 0.3) is 0 Å². The zero-order valence-electron chi connectivity index (χ0n) is 7.50. The van der Waals surface area contributed by atoms with E-state index in [4.69, 9.17) is 0 Å². The zero-order valence-corrected chi connectivity index (χ0v) is 10.4. The van der Waals surface area contributed by atoms with Gasteiger partial charge in [0.05, 0.1) is 6.61 Å². The van der Waals surface area contributed by atoms with Crippen molar-refractivity contribution >= 4 is 7.60 Å². The van der Waals surface area contributed by atoms with E-state index in [1.807, 2.05) is 6.92 Å². The van der Waals surface area contributed by atoms with Gasteiger partial charge in [-0.15, -0.1) is 0 Å². The molecule has 0 aliphatic rings. The molecule has 62 valence electrons. The summed E-state index contributed by atoms with van der Waals surface area (Å²) in [5, 5.41) is 0. The molecule has 1 atom stereocenters. The molecule has 0 spiro atoms. The van der Waals surface area contributed by atoms with Crippen LogP contribution in [0.5, 0.6) is 0 Å². The molecular formula is C6H14NaO3P. The first-order chi connectivity index (χ1) is 4.62. The average Bonchev–Trinajstić information content (AvgIpc) is 1.89. The molecule has 1 unspecified atom stereocenters. The van der Waals surface area contributed by atoms with Crippen LogP contribution in [0, 0.1) is 0 Å². The molecule has 0 fully saturated rings. The third kappa shape index (κ3) is 9.06. The van der Waals surface area contributed by atoms with Crippen LogP contribution in [0.3, 0.4) is 0 Å². The summed E-state index contributed by atoms with van der Waals surface area (Å²) in [4.78, 5) is 10.7. The molecule has 0 N–H and O–H groups in total. The standard InChI is InChI=1S/C6H15O3P.Na/c1-3-5-6-9-10(7,8)4-2;/h3-6H2,1-2H3,(H,7,8);/q;+1/p-1. The van der Waals surface area contributed by atoms with E-state index in [9.17, 15) is 9.46 Å². The van der Waals surface area contributed by atoms with E-state index in [-0.39, 0.29) is 35.7 Å². The van der Waals surface area contributed by atoms with E-state index in [1.165, 1.54) is 0 Å². The molecule has 0 amide bonds. The van der Waals surface area contributed by atoms with Gasteiger partial charge in [0.15, 0.2) is 0 Å². The van der Waals surface area contributed by atoms with Crippen LogP contribution in [0.1, 0.15) is 26.7 Å². The summed E-state index contributed by atoms with van der Waals surface area (Å²) in [5.41, 5.74) is 0. The van der Waals surface area contributed by atoms with Gasteiger partial charge < -0.3 is 14.0 Å². The second kappa shape index (κ2) is 7.78. The number of hydrogen-bond donors (Lipinski definition) is 0. The third-order valence-electron chi connectivity index (χ3n) is 1.17. The van der Waals surface area contributed by atoms with Gasteiger partial charge >= 0.3 is 29.6 Å². The van der Waals surface area contributed by atoms with Crippen molar-refractivity contribution in [2.75, 3.05) is 12.8 Å². The first kappa shape index (κ1) is 14.7. The Balaban J connectivity index is 0. The predicted octanol–water partition coefficient (Wildman–Crippen LogP) is -1.62. The molecule has 0 saturated carbocycles. The van der Waals surface area contributed by atoms with Gasteiger partial charge in [0, 0.05) is 6.16 Å². The maximum Gasteiger partial charge on any atom is 1.00 e. The minimum absolute atomic E-state index is 0. The zero-order chi connectivity index (χ0) is 8.04. The molecule has 0 radical (unpaired) electrons. The van der Waals surface area contributed by atoms with Crippen LogP contribution in [0.4, 0.5) is 0 Å². The van der Waals surface area contributed by atoms with E-state index in [2.05, 4.69) is 4.52 Å². The van der Waals surface area contributed by atoms with Gasteiger partial charge in [0.1, 0.15) is 7.60 Å². The largest absolute Gasteiger partial charge is 1.00 e. The minimum Gasteiger partial charge on any atom is -0.779 e. The quantitative estimate of drug-likeness (QED) is 0.296. The van der Waals surface area contributed by atoms with E-state index >= 15 is 0 Å². The molecule has 0 bridgehead atoms. The Morgan fingerprint density at radius 2 is 2.00 bits per heavy atom. The van der Waals surface area contributed by atoms with Crippen molar-refractivity contribution in [3.8, 4) is 0 Å². The topological polar surface area (TPSA) is 49.4 Å². The maximum atomic E-state index is 10.7. The van der Waals surface area contributed by atoms with Crippen molar-refractivity contribution in [2.45, 2.75) is 26.7 Å². The van der Waals surface area contributed by atoms with Crippen LogP contribution >= 0.6 is 7.60 Å². The molecule has 0 aliphatic heterocycles. The summed E-state index contributed by atoms with van der Waals surface area (Å²) in [6.07, 6.45) is 1.87. The SMILES string of the molecule is CCCCOP(=O)([O-])CC.[Na+]. The van der Waals surface area contributed by atoms with Gasteiger partial charge in [-0.3, -0.25) is 0 Å². The number of unbranched alkanes of at least 4 members (excludes halogenated alkanes) is 1. The van der Waals surface area contributed by atoms with Gasteiger partial charge in [-0.2, -0.15) is 0 Å². The molecule has 0 saturated heterocycles. The first-order valence-corrected chi connectivity index (χ1v) is 5.29. The summed E-state index contributed by atoms with van der Waals surface area (Å²) in [6.45, 7) is 3.91. The Morgan fingerprint density at radius 1 is 1.45 bits per heavy atom. The number of hydrogen-bond acceptors (Lipinski definition) is 3. The van der Waals surface area contributed by atoms with Crippen LogP contribution < -0.4 is 34.5 Å². The molecule has 11 heavy (non-hydrogen) atoms. The summed E-state index contributed by atoms with van der Waals surface area (Å²) < 4.78 is 15.3. The smallest absolute Gasteiger partial charge is 0.779 e. The second-order valence-corrected chi connectivity index (χ2v) is 4.23. The number of rotatable bonds is 5. The van der Waals surface area contributed by atoms with Crippen molar-refractivity contribution in [3.63, 3.8) is 0 Å². The Morgan fingerprint density at radius 3 is 2.36 bits per heavy atom. The van der Waals surface area contributed by atoms with Crippen molar-refractivity contribution in [1.82, 2.24) is 0 Å². The monoisotopic (exact) mass is 188 g/mol. The van der Waals surface area contributed by atoms with Gasteiger partial charge in [0.25, 0.3) is 0 Å². The summed E-state index contributed by atoms with van der Waals surface area (Å²) in [6, 6.07) is 0. The Bertz CT molecular complexity index is 129. The van der Waals surface area contributed by atoms with E-state index in [0.717, 1.165) is 12.8 Å². The fourth-order valence-electron chi connectivity index (χ4n) is 0.439. The third-order valence-corrected chi connectivity index (χ3v) is 2.52. The fourth-order valence-corrected chi connectivity index (χ4v) is 1.03. The summed E-state index contributed by atoms with van der Waals surface area (Å²) >= 11 is 0. The fraction of sp³-hybridized carbons (Fsp3) is 1.00. The van der Waals surface area contributed by atoms with E-state index in [1.54, 1.807) is 6.92 Å². The molecule has 0 aromatic rings. The van der Waals surface area contributed by atoms with Crippen LogP contribution in [0.15, 0.2) is 0 Å². The Hall–Kier alpha value is 1.15. The van der Waals surface area contributed by atoms with Crippen molar-refractivity contribution in [1.29, 1.82) is 0 Å². The van der Waals surface area contributed by atoms with Crippen molar-refractivity contribution < 1.29 is 43.5 Å². The molecule has 0 aliphatic carbocycles. The van der Waals surface area contributed by atoms with Gasteiger partial charge in [0.2, 0.25) is 0 Å². The molecule has 0 rings (SSSR count). The Kier molecular flexibility index (Phi) is 10.4. The van der Waals surface area contributed by atoms with Crippen LogP contribution in [-0.4, -0.2) is 12.8 Å². The second-order valence-electron chi connectivity index (χ2n) is 2.11. The van der Waals surface area contributed by atoms with E-state index in [0.29, 0.717) is 6.61 Å². The van der Waals surface area contributed by atoms with Crippen molar-refractivity contribution in [3.05, 3.63) is 0 Å². The van der Waals surface area contributed by atoms with Gasteiger partial charge in [-0.05, 0) is 6.42 Å². The van der Waals surface area contributed by atoms with Gasteiger partial charge in [-0.1, -0.05) is 20.3 Å². The van der Waals surface area contributed by atoms with Crippen molar-refractivity contribution in [2.24, 2.45) is 0 Å². The molecule has 0 aromatic carbocycles. The summed E-state index contributed by atoms with van der Waals surface area (Å²) in [7, 11) is -3.45. The van der Waals surface area contributed by atoms with Gasteiger partial charge in [-0.25, -0.2) is 0 Å². The molecular weight excluding hydrogens is 174 g/mol. The van der Waals surface area contributed by atoms with E-state index < -0.39 is 7.60 Å². The predicted molar refractivity (Wildman–Crippen MR) is 39.0 cm³/mol. The van der Waals surface area contributed by atoms with Crippen LogP contribution in [0.2, 0.25) is 0 Å². The minimum atomic E-state index is -3.45. The maximum absolute atomic E-state index is 10.7. The molecule has 5 heteroatoms. The Labute approximate surface area is 90.3 Å². The molecule has 3 nitrogen and oxygen atoms in total. The summed E-state index contributed by atoms with van der Waals surface area (Å²) in [5.74, 6) is 0. The first-order valence-electron chi connectivity index (χ1n) is 3.57. The normalized spacial score (nSPS) is 15.2. The molecule has 0 aromatic heterocycles. The average molecular weight is 188 g/mol.